The molecule has 0 amide bonds. The summed E-state index contributed by atoms with van der Waals surface area (Å²) in [6, 6.07) is 6.86. The van der Waals surface area contributed by atoms with Crippen LogP contribution in [-0.2, 0) is 0 Å². The van der Waals surface area contributed by atoms with Gasteiger partial charge in [0.1, 0.15) is 5.82 Å². The summed E-state index contributed by atoms with van der Waals surface area (Å²) in [5.41, 5.74) is 0. The molecule has 21 heavy (non-hydrogen) atoms. The summed E-state index contributed by atoms with van der Waals surface area (Å²) in [5.74, 6) is 2.93. The van der Waals surface area contributed by atoms with Crippen LogP contribution in [0.5, 0.6) is 0 Å². The van der Waals surface area contributed by atoms with Crippen LogP contribution in [0.25, 0.3) is 0 Å². The maximum atomic E-state index is 12.8. The highest BCUT2D eigenvalue weighted by Gasteiger charge is 2.28. The molecule has 1 aromatic carbocycles. The first-order chi connectivity index (χ1) is 9.79. The van der Waals surface area contributed by atoms with E-state index >= 15 is 0 Å². The van der Waals surface area contributed by atoms with Gasteiger partial charge >= 0.3 is 0 Å². The maximum Gasteiger partial charge on any atom is 0.123 e. The van der Waals surface area contributed by atoms with E-state index in [0.717, 1.165) is 17.6 Å². The predicted octanol–water partition coefficient (Wildman–Crippen LogP) is 4.85. The van der Waals surface area contributed by atoms with E-state index in [-0.39, 0.29) is 18.2 Å². The van der Waals surface area contributed by atoms with Gasteiger partial charge in [-0.3, -0.25) is 0 Å². The molecule has 2 aliphatic heterocycles. The lowest BCUT2D eigenvalue weighted by Gasteiger charge is -2.21. The minimum Gasteiger partial charge on any atom is -0.303 e. The van der Waals surface area contributed by atoms with Gasteiger partial charge in [0, 0.05) is 18.0 Å². The van der Waals surface area contributed by atoms with E-state index in [0.29, 0.717) is 0 Å². The summed E-state index contributed by atoms with van der Waals surface area (Å²) in [5, 5.41) is 0. The Morgan fingerprint density at radius 1 is 1.00 bits per heavy atom. The zero-order valence-corrected chi connectivity index (χ0v) is 14.1. The smallest absolute Gasteiger partial charge is 0.123 e. The third-order valence-electron chi connectivity index (χ3n) is 4.70. The van der Waals surface area contributed by atoms with Crippen molar-refractivity contribution in [3.8, 4) is 0 Å². The lowest BCUT2D eigenvalue weighted by Crippen LogP contribution is -2.29. The fraction of sp³-hybridized carbons (Fsp3) is 0.647. The lowest BCUT2D eigenvalue weighted by molar-refractivity contribution is 0.254. The summed E-state index contributed by atoms with van der Waals surface area (Å²) in [6.45, 7) is 3.90. The highest BCUT2D eigenvalue weighted by atomic mass is 35.5. The number of hydrogen-bond acceptors (Lipinski definition) is 2. The van der Waals surface area contributed by atoms with E-state index in [4.69, 9.17) is 0 Å². The molecule has 4 rings (SSSR count). The van der Waals surface area contributed by atoms with Crippen molar-refractivity contribution < 1.29 is 4.39 Å². The summed E-state index contributed by atoms with van der Waals surface area (Å²) < 4.78 is 12.8. The summed E-state index contributed by atoms with van der Waals surface area (Å²) in [7, 11) is 0. The van der Waals surface area contributed by atoms with E-state index in [9.17, 15) is 4.39 Å². The van der Waals surface area contributed by atoms with Crippen LogP contribution in [0.2, 0.25) is 0 Å². The van der Waals surface area contributed by atoms with Crippen molar-refractivity contribution in [2.24, 2.45) is 11.8 Å². The van der Waals surface area contributed by atoms with Crippen LogP contribution in [0.15, 0.2) is 29.2 Å². The van der Waals surface area contributed by atoms with Crippen LogP contribution >= 0.6 is 24.2 Å². The topological polar surface area (TPSA) is 3.24 Å². The van der Waals surface area contributed by atoms with Crippen molar-refractivity contribution >= 4 is 24.2 Å². The maximum absolute atomic E-state index is 12.8. The van der Waals surface area contributed by atoms with Gasteiger partial charge in [0.2, 0.25) is 0 Å². The molecule has 2 heterocycles. The Hall–Kier alpha value is -0.250. The van der Waals surface area contributed by atoms with Crippen LogP contribution in [0.4, 0.5) is 4.39 Å². The fourth-order valence-electron chi connectivity index (χ4n) is 3.59. The molecule has 3 aliphatic rings. The monoisotopic (exact) mass is 329 g/mol. The average molecular weight is 330 g/mol. The third kappa shape index (κ3) is 5.15. The van der Waals surface area contributed by atoms with Gasteiger partial charge in [-0.25, -0.2) is 4.39 Å². The molecule has 0 atom stereocenters. The molecular formula is C17H25ClFNS. The lowest BCUT2D eigenvalue weighted by atomic mass is 9.84. The number of hydrogen-bond donors (Lipinski definition) is 0. The molecule has 1 nitrogen and oxygen atoms in total. The second kappa shape index (κ2) is 8.40. The van der Waals surface area contributed by atoms with Crippen LogP contribution in [0.3, 0.4) is 0 Å². The van der Waals surface area contributed by atoms with Crippen molar-refractivity contribution in [2.75, 3.05) is 25.4 Å². The minimum atomic E-state index is -0.144. The van der Waals surface area contributed by atoms with Crippen molar-refractivity contribution in [1.29, 1.82) is 0 Å². The van der Waals surface area contributed by atoms with E-state index in [1.807, 2.05) is 23.9 Å². The summed E-state index contributed by atoms with van der Waals surface area (Å²) in [4.78, 5) is 3.88. The number of rotatable bonds is 5. The van der Waals surface area contributed by atoms with Gasteiger partial charge in [-0.1, -0.05) is 0 Å². The predicted molar refractivity (Wildman–Crippen MR) is 90.9 cm³/mol. The van der Waals surface area contributed by atoms with Crippen molar-refractivity contribution in [3.05, 3.63) is 30.1 Å². The SMILES string of the molecule is Cl.Fc1ccc(SCCCN2CC3CCC(CC3)C2)cc1. The van der Waals surface area contributed by atoms with Gasteiger partial charge in [-0.05, 0) is 80.5 Å². The number of thioether (sulfide) groups is 1. The Morgan fingerprint density at radius 2 is 1.57 bits per heavy atom. The first-order valence-electron chi connectivity index (χ1n) is 7.90. The van der Waals surface area contributed by atoms with Gasteiger partial charge in [0.25, 0.3) is 0 Å². The molecule has 4 heteroatoms. The molecular weight excluding hydrogens is 305 g/mol. The normalized spacial score (nSPS) is 25.4. The quantitative estimate of drug-likeness (QED) is 0.561. The largest absolute Gasteiger partial charge is 0.303 e. The molecule has 0 unspecified atom stereocenters. The molecule has 1 saturated carbocycles. The molecule has 0 spiro atoms. The highest BCUT2D eigenvalue weighted by Crippen LogP contribution is 2.33. The van der Waals surface area contributed by atoms with E-state index in [1.165, 1.54) is 56.6 Å². The summed E-state index contributed by atoms with van der Waals surface area (Å²) >= 11 is 1.85. The first kappa shape index (κ1) is 17.1. The molecule has 2 bridgehead atoms. The Balaban J connectivity index is 0.00000161. The van der Waals surface area contributed by atoms with Gasteiger partial charge < -0.3 is 4.90 Å². The van der Waals surface area contributed by atoms with Crippen LogP contribution in [0.1, 0.15) is 32.1 Å². The van der Waals surface area contributed by atoms with Crippen molar-refractivity contribution in [2.45, 2.75) is 37.0 Å². The number of fused-ring (bicyclic) bond motifs is 4. The van der Waals surface area contributed by atoms with Crippen LogP contribution in [-0.4, -0.2) is 30.3 Å². The molecule has 0 radical (unpaired) electrons. The van der Waals surface area contributed by atoms with Crippen molar-refractivity contribution in [1.82, 2.24) is 4.90 Å². The second-order valence-corrected chi connectivity index (χ2v) is 7.47. The van der Waals surface area contributed by atoms with Crippen LogP contribution in [0, 0.1) is 17.7 Å². The van der Waals surface area contributed by atoms with Gasteiger partial charge in [-0.2, -0.15) is 0 Å². The molecule has 2 saturated heterocycles. The van der Waals surface area contributed by atoms with Crippen molar-refractivity contribution in [3.63, 3.8) is 0 Å². The Bertz CT molecular complexity index is 403. The molecule has 1 aromatic rings. The fourth-order valence-corrected chi connectivity index (χ4v) is 4.43. The van der Waals surface area contributed by atoms with Gasteiger partial charge in [0.15, 0.2) is 0 Å². The van der Waals surface area contributed by atoms with Crippen LogP contribution < -0.4 is 0 Å². The molecule has 1 aliphatic carbocycles. The number of benzene rings is 1. The van der Waals surface area contributed by atoms with Gasteiger partial charge in [-0.15, -0.1) is 24.2 Å². The molecule has 0 aromatic heterocycles. The molecule has 118 valence electrons. The Kier molecular flexibility index (Phi) is 6.84. The highest BCUT2D eigenvalue weighted by molar-refractivity contribution is 7.99. The molecule has 3 fully saturated rings. The standard InChI is InChI=1S/C17H24FNS.ClH/c18-16-6-8-17(9-7-16)20-11-1-10-19-12-14-2-3-15(13-19)5-4-14;/h6-9,14-15H,1-5,10-13H2;1H. The van der Waals surface area contributed by atoms with E-state index < -0.39 is 0 Å². The van der Waals surface area contributed by atoms with E-state index in [1.54, 1.807) is 12.1 Å². The Morgan fingerprint density at radius 3 is 2.14 bits per heavy atom. The average Bonchev–Trinajstić information content (AvgIpc) is 2.78. The minimum absolute atomic E-state index is 0. The van der Waals surface area contributed by atoms with Gasteiger partial charge in [0.05, 0.1) is 0 Å². The molecule has 0 N–H and O–H groups in total. The summed E-state index contributed by atoms with van der Waals surface area (Å²) in [6.07, 6.45) is 7.09. The number of halogens is 2. The first-order valence-corrected chi connectivity index (χ1v) is 8.89. The van der Waals surface area contributed by atoms with E-state index in [2.05, 4.69) is 4.90 Å². The Labute approximate surface area is 138 Å². The zero-order valence-electron chi connectivity index (χ0n) is 12.5. The number of nitrogens with zero attached hydrogens (tertiary/aromatic N) is 1. The zero-order chi connectivity index (χ0) is 13.8. The third-order valence-corrected chi connectivity index (χ3v) is 5.80. The second-order valence-electron chi connectivity index (χ2n) is 6.30.